The maximum atomic E-state index is 13.6. The number of halogens is 2. The third-order valence-electron chi connectivity index (χ3n) is 5.73. The van der Waals surface area contributed by atoms with E-state index in [4.69, 9.17) is 27.6 Å². The van der Waals surface area contributed by atoms with Crippen molar-refractivity contribution in [2.24, 2.45) is 5.10 Å². The zero-order chi connectivity index (χ0) is 27.4. The number of hydrogen-bond donors (Lipinski definition) is 1. The van der Waals surface area contributed by atoms with Crippen LogP contribution in [0.3, 0.4) is 0 Å². The summed E-state index contributed by atoms with van der Waals surface area (Å²) in [6.45, 7) is 5.06. The Labute approximate surface area is 231 Å². The zero-order valence-corrected chi connectivity index (χ0v) is 23.2. The second-order valence-electron chi connectivity index (χ2n) is 8.73. The monoisotopic (exact) mass is 569 g/mol. The number of carbonyl (C=O) groups excluding carboxylic acids is 1. The zero-order valence-electron chi connectivity index (χ0n) is 20.9. The van der Waals surface area contributed by atoms with E-state index in [1.165, 1.54) is 18.3 Å². The van der Waals surface area contributed by atoms with Crippen LogP contribution in [0.4, 0.5) is 5.69 Å². The normalized spacial score (nSPS) is 11.6. The summed E-state index contributed by atoms with van der Waals surface area (Å²) in [6, 6.07) is 20.4. The van der Waals surface area contributed by atoms with Gasteiger partial charge in [-0.2, -0.15) is 5.10 Å². The van der Waals surface area contributed by atoms with Crippen LogP contribution in [0.15, 0.2) is 87.2 Å². The number of hydrogen-bond acceptors (Lipinski definition) is 5. The molecule has 10 heteroatoms. The first-order chi connectivity index (χ1) is 18.0. The molecule has 0 radical (unpaired) electrons. The molecule has 0 atom stereocenters. The van der Waals surface area contributed by atoms with Crippen molar-refractivity contribution in [3.05, 3.63) is 105 Å². The lowest BCUT2D eigenvalue weighted by Gasteiger charge is -2.25. The third-order valence-corrected chi connectivity index (χ3v) is 8.06. The van der Waals surface area contributed by atoms with Crippen molar-refractivity contribution in [3.8, 4) is 11.3 Å². The van der Waals surface area contributed by atoms with Crippen LogP contribution >= 0.6 is 23.2 Å². The van der Waals surface area contributed by atoms with Crippen LogP contribution in [0.2, 0.25) is 10.0 Å². The lowest BCUT2D eigenvalue weighted by Crippen LogP contribution is -2.40. The minimum Gasteiger partial charge on any atom is -0.455 e. The molecule has 0 aliphatic rings. The maximum Gasteiger partial charge on any atom is 0.264 e. The van der Waals surface area contributed by atoms with Crippen molar-refractivity contribution >= 4 is 51.0 Å². The van der Waals surface area contributed by atoms with Gasteiger partial charge < -0.3 is 4.42 Å². The highest BCUT2D eigenvalue weighted by Crippen LogP contribution is 2.31. The molecule has 1 amide bonds. The quantitative estimate of drug-likeness (QED) is 0.193. The Bertz CT molecular complexity index is 1610. The molecule has 0 unspecified atom stereocenters. The minimum absolute atomic E-state index is 0.0873. The average molecular weight is 570 g/mol. The maximum absolute atomic E-state index is 13.6. The van der Waals surface area contributed by atoms with Gasteiger partial charge in [-0.3, -0.25) is 9.10 Å². The van der Waals surface area contributed by atoms with E-state index in [1.807, 2.05) is 26.0 Å². The van der Waals surface area contributed by atoms with Crippen LogP contribution in [0.1, 0.15) is 22.5 Å². The summed E-state index contributed by atoms with van der Waals surface area (Å²) >= 11 is 12.2. The van der Waals surface area contributed by atoms with E-state index in [-0.39, 0.29) is 4.90 Å². The molecule has 196 valence electrons. The second-order valence-corrected chi connectivity index (χ2v) is 11.4. The van der Waals surface area contributed by atoms with Crippen LogP contribution in [-0.2, 0) is 14.8 Å². The fraction of sp³-hybridized carbons (Fsp3) is 0.143. The van der Waals surface area contributed by atoms with Crippen molar-refractivity contribution < 1.29 is 17.6 Å². The van der Waals surface area contributed by atoms with Crippen molar-refractivity contribution in [1.29, 1.82) is 0 Å². The first kappa shape index (κ1) is 27.4. The molecule has 0 spiro atoms. The molecule has 0 fully saturated rings. The van der Waals surface area contributed by atoms with Gasteiger partial charge in [-0.15, -0.1) is 0 Å². The summed E-state index contributed by atoms with van der Waals surface area (Å²) in [5.74, 6) is 0.250. The van der Waals surface area contributed by atoms with Crippen molar-refractivity contribution in [2.45, 2.75) is 25.7 Å². The molecule has 0 saturated heterocycles. The number of carbonyl (C=O) groups is 1. The Hall–Kier alpha value is -3.59. The van der Waals surface area contributed by atoms with Gasteiger partial charge in [-0.05, 0) is 80.4 Å². The molecule has 3 aromatic carbocycles. The highest BCUT2D eigenvalue weighted by atomic mass is 35.5. The number of furan rings is 1. The Kier molecular flexibility index (Phi) is 8.26. The van der Waals surface area contributed by atoms with Crippen molar-refractivity contribution in [1.82, 2.24) is 5.43 Å². The van der Waals surface area contributed by atoms with Gasteiger partial charge in [0.25, 0.3) is 15.9 Å². The SMILES string of the molecule is Cc1ccc(S(=O)(=O)N(CC(=O)N/N=C\c2ccc(-c3ccc(Cl)cc3Cl)o2)c2cc(C)ccc2C)cc1. The number of benzene rings is 3. The van der Waals surface area contributed by atoms with Gasteiger partial charge in [0.15, 0.2) is 0 Å². The first-order valence-electron chi connectivity index (χ1n) is 11.6. The highest BCUT2D eigenvalue weighted by Gasteiger charge is 2.28. The molecule has 0 saturated carbocycles. The number of rotatable bonds is 8. The van der Waals surface area contributed by atoms with Crippen LogP contribution < -0.4 is 9.73 Å². The third kappa shape index (κ3) is 6.27. The van der Waals surface area contributed by atoms with Crippen LogP contribution in [0.25, 0.3) is 11.3 Å². The number of hydrazone groups is 1. The summed E-state index contributed by atoms with van der Waals surface area (Å²) < 4.78 is 34.0. The molecular formula is C28H25Cl2N3O4S. The van der Waals surface area contributed by atoms with Crippen molar-refractivity contribution in [3.63, 3.8) is 0 Å². The van der Waals surface area contributed by atoms with Gasteiger partial charge in [0, 0.05) is 10.6 Å². The van der Waals surface area contributed by atoms with Crippen LogP contribution in [0.5, 0.6) is 0 Å². The topological polar surface area (TPSA) is 92.0 Å². The van der Waals surface area contributed by atoms with E-state index in [0.29, 0.717) is 38.4 Å². The van der Waals surface area contributed by atoms with Gasteiger partial charge in [-0.25, -0.2) is 13.8 Å². The molecule has 1 N–H and O–H groups in total. The molecule has 7 nitrogen and oxygen atoms in total. The van der Waals surface area contributed by atoms with E-state index >= 15 is 0 Å². The number of aryl methyl sites for hydroxylation is 3. The largest absolute Gasteiger partial charge is 0.455 e. The van der Waals surface area contributed by atoms with Gasteiger partial charge in [0.05, 0.1) is 21.8 Å². The average Bonchev–Trinajstić information content (AvgIpc) is 3.33. The summed E-state index contributed by atoms with van der Waals surface area (Å²) in [6.07, 6.45) is 1.32. The van der Waals surface area contributed by atoms with Gasteiger partial charge in [0.2, 0.25) is 0 Å². The molecular weight excluding hydrogens is 545 g/mol. The lowest BCUT2D eigenvalue weighted by atomic mass is 10.1. The molecule has 0 aliphatic heterocycles. The Morgan fingerprint density at radius 3 is 2.37 bits per heavy atom. The number of amides is 1. The molecule has 1 heterocycles. The van der Waals surface area contributed by atoms with Gasteiger partial charge in [0.1, 0.15) is 18.1 Å². The lowest BCUT2D eigenvalue weighted by molar-refractivity contribution is -0.119. The smallest absolute Gasteiger partial charge is 0.264 e. The van der Waals surface area contributed by atoms with Crippen molar-refractivity contribution in [2.75, 3.05) is 10.8 Å². The van der Waals surface area contributed by atoms with E-state index in [0.717, 1.165) is 15.4 Å². The predicted octanol–water partition coefficient (Wildman–Crippen LogP) is 6.52. The first-order valence-corrected chi connectivity index (χ1v) is 13.8. The predicted molar refractivity (Wildman–Crippen MR) is 152 cm³/mol. The highest BCUT2D eigenvalue weighted by molar-refractivity contribution is 7.92. The standard InChI is InChI=1S/C28H25Cl2N3O4S/c1-18-5-10-23(11-6-18)38(35,36)33(26-14-19(2)4-7-20(26)3)17-28(34)32-31-16-22-9-13-27(37-22)24-12-8-21(29)15-25(24)30/h4-16H,17H2,1-3H3,(H,32,34)/b31-16-. The summed E-state index contributed by atoms with van der Waals surface area (Å²) in [5, 5.41) is 4.89. The molecule has 38 heavy (non-hydrogen) atoms. The number of nitrogens with one attached hydrogen (secondary N) is 1. The van der Waals surface area contributed by atoms with E-state index < -0.39 is 22.5 Å². The molecule has 4 rings (SSSR count). The van der Waals surface area contributed by atoms with Gasteiger partial charge >= 0.3 is 0 Å². The Morgan fingerprint density at radius 2 is 1.66 bits per heavy atom. The van der Waals surface area contributed by atoms with E-state index in [2.05, 4.69) is 10.5 Å². The number of sulfonamides is 1. The fourth-order valence-electron chi connectivity index (χ4n) is 3.72. The number of nitrogens with zero attached hydrogens (tertiary/aromatic N) is 2. The minimum atomic E-state index is -4.04. The van der Waals surface area contributed by atoms with Gasteiger partial charge in [-0.1, -0.05) is 53.0 Å². The van der Waals surface area contributed by atoms with E-state index in [9.17, 15) is 13.2 Å². The molecule has 0 bridgehead atoms. The number of anilines is 1. The van der Waals surface area contributed by atoms with Crippen LogP contribution in [-0.4, -0.2) is 27.1 Å². The fourth-order valence-corrected chi connectivity index (χ4v) is 5.69. The molecule has 4 aromatic rings. The Balaban J connectivity index is 1.54. The van der Waals surface area contributed by atoms with Crippen LogP contribution in [0, 0.1) is 20.8 Å². The summed E-state index contributed by atoms with van der Waals surface area (Å²) in [7, 11) is -4.04. The summed E-state index contributed by atoms with van der Waals surface area (Å²) in [5.41, 5.74) is 5.96. The molecule has 0 aliphatic carbocycles. The van der Waals surface area contributed by atoms with E-state index in [1.54, 1.807) is 55.5 Å². The molecule has 1 aromatic heterocycles. The summed E-state index contributed by atoms with van der Waals surface area (Å²) in [4.78, 5) is 12.9. The second kappa shape index (κ2) is 11.4. The Morgan fingerprint density at radius 1 is 0.947 bits per heavy atom.